The predicted octanol–water partition coefficient (Wildman–Crippen LogP) is 1.98. The Labute approximate surface area is 126 Å². The minimum Gasteiger partial charge on any atom is -0.496 e. The van der Waals surface area contributed by atoms with E-state index in [-0.39, 0.29) is 6.03 Å². The van der Waals surface area contributed by atoms with Crippen molar-refractivity contribution in [3.63, 3.8) is 0 Å². The molecule has 0 saturated heterocycles. The van der Waals surface area contributed by atoms with Gasteiger partial charge >= 0.3 is 6.03 Å². The van der Waals surface area contributed by atoms with Crippen LogP contribution in [0.3, 0.4) is 0 Å². The molecule has 1 saturated carbocycles. The predicted molar refractivity (Wildman–Crippen MR) is 83.5 cm³/mol. The van der Waals surface area contributed by atoms with Gasteiger partial charge in [0.15, 0.2) is 0 Å². The first-order chi connectivity index (χ1) is 10.1. The van der Waals surface area contributed by atoms with Crippen LogP contribution >= 0.6 is 0 Å². The van der Waals surface area contributed by atoms with Crippen molar-refractivity contribution in [3.05, 3.63) is 29.8 Å². The normalized spacial score (nSPS) is 15.6. The lowest BCUT2D eigenvalue weighted by Crippen LogP contribution is -2.44. The second kappa shape index (κ2) is 7.31. The van der Waals surface area contributed by atoms with Crippen LogP contribution in [0.2, 0.25) is 0 Å². The van der Waals surface area contributed by atoms with E-state index in [0.717, 1.165) is 11.3 Å². The van der Waals surface area contributed by atoms with Gasteiger partial charge in [-0.2, -0.15) is 0 Å². The number of carbonyl (C=O) groups is 1. The monoisotopic (exact) mass is 291 g/mol. The minimum absolute atomic E-state index is 0.142. The number of urea groups is 1. The molecule has 0 heterocycles. The number of likely N-dealkylation sites (N-methyl/N-ethyl adjacent to an activating group) is 1. The van der Waals surface area contributed by atoms with Gasteiger partial charge in [0.1, 0.15) is 5.75 Å². The van der Waals surface area contributed by atoms with Crippen LogP contribution in [-0.4, -0.2) is 43.7 Å². The number of carbonyl (C=O) groups excluding carboxylic acids is 1. The quantitative estimate of drug-likeness (QED) is 0.807. The molecule has 0 aromatic heterocycles. The third kappa shape index (κ3) is 4.63. The summed E-state index contributed by atoms with van der Waals surface area (Å²) in [6.07, 6.45) is 2.56. The topological polar surface area (TPSA) is 53.6 Å². The number of benzene rings is 1. The molecule has 0 spiro atoms. The molecule has 2 rings (SSSR count). The summed E-state index contributed by atoms with van der Waals surface area (Å²) in [5.41, 5.74) is 0.971. The molecule has 5 heteroatoms. The zero-order chi connectivity index (χ0) is 15.2. The highest BCUT2D eigenvalue weighted by atomic mass is 16.5. The summed E-state index contributed by atoms with van der Waals surface area (Å²) in [7, 11) is 3.76. The lowest BCUT2D eigenvalue weighted by molar-refractivity contribution is 0.222. The highest BCUT2D eigenvalue weighted by Crippen LogP contribution is 2.26. The number of amides is 2. The number of ether oxygens (including phenoxy) is 1. The standard InChI is InChI=1S/C16H25N3O2/c1-12(19(2)14-8-9-14)10-17-16(20)18-11-13-6-4-5-7-15(13)21-3/h4-7,12,14H,8-11H2,1-3H3,(H2,17,18,20)/t12-/m1/s1. The van der Waals surface area contributed by atoms with Crippen molar-refractivity contribution in [3.8, 4) is 5.75 Å². The molecule has 2 N–H and O–H groups in total. The average Bonchev–Trinajstić information content (AvgIpc) is 3.34. The van der Waals surface area contributed by atoms with Crippen molar-refractivity contribution >= 4 is 6.03 Å². The molecule has 0 radical (unpaired) electrons. The molecule has 116 valence electrons. The van der Waals surface area contributed by atoms with Crippen molar-refractivity contribution < 1.29 is 9.53 Å². The van der Waals surface area contributed by atoms with Gasteiger partial charge in [0.25, 0.3) is 0 Å². The Bertz CT molecular complexity index is 474. The van der Waals surface area contributed by atoms with E-state index in [2.05, 4.69) is 29.5 Å². The highest BCUT2D eigenvalue weighted by molar-refractivity contribution is 5.73. The Morgan fingerprint density at radius 2 is 2.10 bits per heavy atom. The Morgan fingerprint density at radius 1 is 1.38 bits per heavy atom. The summed E-state index contributed by atoms with van der Waals surface area (Å²) in [5.74, 6) is 0.791. The molecule has 1 aliphatic rings. The van der Waals surface area contributed by atoms with Gasteiger partial charge in [-0.3, -0.25) is 4.90 Å². The molecule has 1 aromatic rings. The zero-order valence-corrected chi connectivity index (χ0v) is 13.1. The molecule has 1 aromatic carbocycles. The van der Waals surface area contributed by atoms with Gasteiger partial charge in [0, 0.05) is 30.7 Å². The van der Waals surface area contributed by atoms with Crippen molar-refractivity contribution in [2.75, 3.05) is 20.7 Å². The molecule has 2 amide bonds. The summed E-state index contributed by atoms with van der Waals surface area (Å²) in [4.78, 5) is 14.2. The summed E-state index contributed by atoms with van der Waals surface area (Å²) in [6.45, 7) is 3.26. The number of methoxy groups -OCH3 is 1. The lowest BCUT2D eigenvalue weighted by atomic mass is 10.2. The van der Waals surface area contributed by atoms with Crippen LogP contribution in [-0.2, 0) is 6.54 Å². The van der Waals surface area contributed by atoms with Crippen LogP contribution in [0.25, 0.3) is 0 Å². The van der Waals surface area contributed by atoms with Gasteiger partial charge in [-0.05, 0) is 32.9 Å². The molecule has 0 unspecified atom stereocenters. The Hall–Kier alpha value is -1.75. The molecule has 21 heavy (non-hydrogen) atoms. The van der Waals surface area contributed by atoms with Gasteiger partial charge in [0.2, 0.25) is 0 Å². The second-order valence-corrected chi connectivity index (χ2v) is 5.62. The molecular formula is C16H25N3O2. The Morgan fingerprint density at radius 3 is 2.76 bits per heavy atom. The van der Waals surface area contributed by atoms with Crippen molar-refractivity contribution in [1.82, 2.24) is 15.5 Å². The Kier molecular flexibility index (Phi) is 5.44. The van der Waals surface area contributed by atoms with Crippen molar-refractivity contribution in [2.45, 2.75) is 38.4 Å². The maximum atomic E-state index is 11.8. The second-order valence-electron chi connectivity index (χ2n) is 5.62. The Balaban J connectivity index is 1.72. The molecule has 0 bridgehead atoms. The van der Waals surface area contributed by atoms with Gasteiger partial charge in [0.05, 0.1) is 7.11 Å². The number of hydrogen-bond donors (Lipinski definition) is 2. The van der Waals surface area contributed by atoms with E-state index in [1.807, 2.05) is 24.3 Å². The van der Waals surface area contributed by atoms with E-state index in [0.29, 0.717) is 25.2 Å². The average molecular weight is 291 g/mol. The molecule has 1 atom stereocenters. The lowest BCUT2D eigenvalue weighted by Gasteiger charge is -2.24. The van der Waals surface area contributed by atoms with Crippen LogP contribution in [0.5, 0.6) is 5.75 Å². The first-order valence-electron chi connectivity index (χ1n) is 7.47. The van der Waals surface area contributed by atoms with E-state index in [1.165, 1.54) is 12.8 Å². The largest absolute Gasteiger partial charge is 0.496 e. The van der Waals surface area contributed by atoms with Gasteiger partial charge in [-0.15, -0.1) is 0 Å². The molecule has 1 aliphatic carbocycles. The van der Waals surface area contributed by atoms with E-state index in [9.17, 15) is 4.79 Å². The van der Waals surface area contributed by atoms with Gasteiger partial charge < -0.3 is 15.4 Å². The van der Waals surface area contributed by atoms with Crippen LogP contribution in [0, 0.1) is 0 Å². The van der Waals surface area contributed by atoms with Crippen molar-refractivity contribution in [2.24, 2.45) is 0 Å². The highest BCUT2D eigenvalue weighted by Gasteiger charge is 2.29. The third-order valence-corrected chi connectivity index (χ3v) is 4.01. The maximum absolute atomic E-state index is 11.8. The molecule has 5 nitrogen and oxygen atoms in total. The number of para-hydroxylation sites is 1. The van der Waals surface area contributed by atoms with Crippen LogP contribution < -0.4 is 15.4 Å². The van der Waals surface area contributed by atoms with Crippen molar-refractivity contribution in [1.29, 1.82) is 0 Å². The fourth-order valence-corrected chi connectivity index (χ4v) is 2.31. The first kappa shape index (κ1) is 15.6. The molecule has 1 fully saturated rings. The number of rotatable bonds is 7. The summed E-state index contributed by atoms with van der Waals surface area (Å²) >= 11 is 0. The third-order valence-electron chi connectivity index (χ3n) is 4.01. The number of nitrogens with zero attached hydrogens (tertiary/aromatic N) is 1. The zero-order valence-electron chi connectivity index (χ0n) is 13.1. The summed E-state index contributed by atoms with van der Waals surface area (Å²) < 4.78 is 5.26. The SMILES string of the molecule is COc1ccccc1CNC(=O)NC[C@@H](C)N(C)C1CC1. The van der Waals surface area contributed by atoms with E-state index >= 15 is 0 Å². The van der Waals surface area contributed by atoms with Gasteiger partial charge in [-0.25, -0.2) is 4.79 Å². The van der Waals surface area contributed by atoms with E-state index in [4.69, 9.17) is 4.74 Å². The fraction of sp³-hybridized carbons (Fsp3) is 0.562. The van der Waals surface area contributed by atoms with Crippen LogP contribution in [0.1, 0.15) is 25.3 Å². The maximum Gasteiger partial charge on any atom is 0.315 e. The van der Waals surface area contributed by atoms with E-state index < -0.39 is 0 Å². The van der Waals surface area contributed by atoms with Crippen LogP contribution in [0.15, 0.2) is 24.3 Å². The summed E-state index contributed by atoms with van der Waals surface area (Å²) in [5, 5.41) is 5.79. The fourth-order valence-electron chi connectivity index (χ4n) is 2.31. The van der Waals surface area contributed by atoms with Crippen LogP contribution in [0.4, 0.5) is 4.79 Å². The van der Waals surface area contributed by atoms with E-state index in [1.54, 1.807) is 7.11 Å². The number of hydrogen-bond acceptors (Lipinski definition) is 3. The minimum atomic E-state index is -0.142. The first-order valence-corrected chi connectivity index (χ1v) is 7.47. The number of nitrogens with one attached hydrogen (secondary N) is 2. The van der Waals surface area contributed by atoms with Gasteiger partial charge in [-0.1, -0.05) is 18.2 Å². The summed E-state index contributed by atoms with van der Waals surface area (Å²) in [6, 6.07) is 8.61. The smallest absolute Gasteiger partial charge is 0.315 e. The molecular weight excluding hydrogens is 266 g/mol. The molecule has 0 aliphatic heterocycles.